The average molecular weight is 343 g/mol. The highest BCUT2D eigenvalue weighted by Crippen LogP contribution is 2.22. The molecule has 130 valence electrons. The van der Waals surface area contributed by atoms with Crippen LogP contribution in [0.4, 0.5) is 5.69 Å². The summed E-state index contributed by atoms with van der Waals surface area (Å²) in [5, 5.41) is 24.0. The number of nitrogens with one attached hydrogen (secondary N) is 1. The van der Waals surface area contributed by atoms with Crippen molar-refractivity contribution in [2.75, 3.05) is 6.61 Å². The van der Waals surface area contributed by atoms with E-state index in [1.54, 1.807) is 6.07 Å². The number of phenols is 1. The van der Waals surface area contributed by atoms with Gasteiger partial charge in [0.15, 0.2) is 6.61 Å². The third-order valence-electron chi connectivity index (χ3n) is 3.51. The normalized spacial score (nSPS) is 10.6. The van der Waals surface area contributed by atoms with Crippen LogP contribution in [0.1, 0.15) is 16.7 Å². The molecule has 0 unspecified atom stereocenters. The van der Waals surface area contributed by atoms with Gasteiger partial charge in [0, 0.05) is 6.07 Å². The quantitative estimate of drug-likeness (QED) is 0.475. The number of aromatic hydroxyl groups is 1. The molecule has 0 bridgehead atoms. The molecule has 0 aromatic heterocycles. The lowest BCUT2D eigenvalue weighted by Crippen LogP contribution is -2.24. The van der Waals surface area contributed by atoms with Crippen molar-refractivity contribution < 1.29 is 19.6 Å². The minimum atomic E-state index is -0.605. The van der Waals surface area contributed by atoms with Gasteiger partial charge in [-0.15, -0.1) is 0 Å². The van der Waals surface area contributed by atoms with E-state index in [9.17, 15) is 20.0 Å². The van der Waals surface area contributed by atoms with Gasteiger partial charge in [-0.3, -0.25) is 14.9 Å². The van der Waals surface area contributed by atoms with Crippen molar-refractivity contribution in [2.45, 2.75) is 13.8 Å². The first kappa shape index (κ1) is 17.9. The molecule has 2 N–H and O–H groups in total. The number of hydrogen-bond acceptors (Lipinski definition) is 6. The van der Waals surface area contributed by atoms with Crippen LogP contribution in [0.3, 0.4) is 0 Å². The lowest BCUT2D eigenvalue weighted by Gasteiger charge is -2.09. The first-order chi connectivity index (χ1) is 11.9. The number of carbonyl (C=O) groups excluding carboxylic acids is 1. The van der Waals surface area contributed by atoms with Gasteiger partial charge in [-0.2, -0.15) is 5.10 Å². The highest BCUT2D eigenvalue weighted by Gasteiger charge is 2.12. The predicted octanol–water partition coefficient (Wildman–Crippen LogP) is 2.45. The summed E-state index contributed by atoms with van der Waals surface area (Å²) in [5.41, 5.74) is 4.05. The largest absolute Gasteiger partial charge is 0.508 e. The number of amides is 1. The van der Waals surface area contributed by atoms with Crippen LogP contribution in [0.15, 0.2) is 41.5 Å². The number of benzene rings is 2. The molecule has 0 saturated heterocycles. The summed E-state index contributed by atoms with van der Waals surface area (Å²) in [6.07, 6.45) is 1.09. The Morgan fingerprint density at radius 3 is 2.84 bits per heavy atom. The highest BCUT2D eigenvalue weighted by atomic mass is 16.6. The molecule has 0 aliphatic rings. The van der Waals surface area contributed by atoms with Gasteiger partial charge in [0.25, 0.3) is 11.6 Å². The predicted molar refractivity (Wildman–Crippen MR) is 91.9 cm³/mol. The van der Waals surface area contributed by atoms with E-state index in [-0.39, 0.29) is 23.6 Å². The van der Waals surface area contributed by atoms with Crippen molar-refractivity contribution in [1.82, 2.24) is 5.43 Å². The Hall–Kier alpha value is -3.42. The van der Waals surface area contributed by atoms with Gasteiger partial charge in [-0.05, 0) is 43.2 Å². The molecule has 0 spiro atoms. The number of nitrogens with zero attached hydrogens (tertiary/aromatic N) is 2. The van der Waals surface area contributed by atoms with Crippen LogP contribution in [0.2, 0.25) is 0 Å². The number of nitro groups is 1. The van der Waals surface area contributed by atoms with E-state index in [0.717, 1.165) is 23.4 Å². The van der Waals surface area contributed by atoms with Crippen LogP contribution in [0.25, 0.3) is 0 Å². The number of hydrogen-bond donors (Lipinski definition) is 2. The van der Waals surface area contributed by atoms with Crippen LogP contribution in [-0.4, -0.2) is 28.8 Å². The molecule has 2 aromatic rings. The van der Waals surface area contributed by atoms with E-state index in [1.807, 2.05) is 26.0 Å². The van der Waals surface area contributed by atoms with Crippen molar-refractivity contribution in [3.05, 3.63) is 63.2 Å². The molecule has 0 heterocycles. The first-order valence-corrected chi connectivity index (χ1v) is 7.37. The van der Waals surface area contributed by atoms with Gasteiger partial charge in [-0.1, -0.05) is 12.1 Å². The van der Waals surface area contributed by atoms with Crippen molar-refractivity contribution in [2.24, 2.45) is 5.10 Å². The third-order valence-corrected chi connectivity index (χ3v) is 3.51. The second-order valence-electron chi connectivity index (χ2n) is 5.28. The number of phenolic OH excluding ortho intramolecular Hbond substituents is 1. The zero-order chi connectivity index (χ0) is 18.4. The van der Waals surface area contributed by atoms with E-state index >= 15 is 0 Å². The molecule has 8 nitrogen and oxygen atoms in total. The van der Waals surface area contributed by atoms with Gasteiger partial charge >= 0.3 is 0 Å². The molecule has 0 radical (unpaired) electrons. The third kappa shape index (κ3) is 4.77. The van der Waals surface area contributed by atoms with Crippen molar-refractivity contribution >= 4 is 17.8 Å². The maximum absolute atomic E-state index is 11.8. The van der Waals surface area contributed by atoms with Crippen LogP contribution < -0.4 is 10.2 Å². The Morgan fingerprint density at radius 1 is 1.36 bits per heavy atom. The van der Waals surface area contributed by atoms with Gasteiger partial charge in [0.1, 0.15) is 11.5 Å². The lowest BCUT2D eigenvalue weighted by molar-refractivity contribution is -0.385. The number of aryl methyl sites for hydroxylation is 1. The summed E-state index contributed by atoms with van der Waals surface area (Å²) in [6, 6.07) is 9.06. The maximum atomic E-state index is 11.8. The number of carbonyl (C=O) groups is 1. The molecule has 0 aliphatic carbocycles. The minimum Gasteiger partial charge on any atom is -0.508 e. The van der Waals surface area contributed by atoms with Crippen molar-refractivity contribution in [3.63, 3.8) is 0 Å². The molecule has 8 heteroatoms. The summed E-state index contributed by atoms with van der Waals surface area (Å²) in [6.45, 7) is 3.58. The first-order valence-electron chi connectivity index (χ1n) is 7.37. The van der Waals surface area contributed by atoms with E-state index in [1.165, 1.54) is 12.1 Å². The Balaban J connectivity index is 1.96. The van der Waals surface area contributed by atoms with Gasteiger partial charge in [0.2, 0.25) is 0 Å². The van der Waals surface area contributed by atoms with E-state index < -0.39 is 10.8 Å². The molecule has 0 aliphatic heterocycles. The highest BCUT2D eigenvalue weighted by molar-refractivity contribution is 5.87. The second kappa shape index (κ2) is 7.91. The van der Waals surface area contributed by atoms with E-state index in [0.29, 0.717) is 5.75 Å². The summed E-state index contributed by atoms with van der Waals surface area (Å²) < 4.78 is 5.43. The zero-order valence-corrected chi connectivity index (χ0v) is 13.7. The van der Waals surface area contributed by atoms with Crippen molar-refractivity contribution in [3.8, 4) is 11.5 Å². The number of nitro benzene ring substituents is 1. The Labute approximate surface area is 143 Å². The number of ether oxygens (including phenoxy) is 1. The van der Waals surface area contributed by atoms with Crippen LogP contribution in [0, 0.1) is 24.0 Å². The minimum absolute atomic E-state index is 0.0701. The number of rotatable bonds is 6. The fourth-order valence-electron chi connectivity index (χ4n) is 2.04. The fraction of sp³-hybridized carbons (Fsp3) is 0.176. The van der Waals surface area contributed by atoms with E-state index in [2.05, 4.69) is 10.5 Å². The Morgan fingerprint density at radius 2 is 2.12 bits per heavy atom. The molecule has 0 atom stereocenters. The fourth-order valence-corrected chi connectivity index (χ4v) is 2.04. The van der Waals surface area contributed by atoms with Gasteiger partial charge in [0.05, 0.1) is 16.7 Å². The van der Waals surface area contributed by atoms with Crippen LogP contribution in [-0.2, 0) is 4.79 Å². The molecule has 25 heavy (non-hydrogen) atoms. The molecular weight excluding hydrogens is 326 g/mol. The van der Waals surface area contributed by atoms with Crippen LogP contribution >= 0.6 is 0 Å². The zero-order valence-electron chi connectivity index (χ0n) is 13.7. The van der Waals surface area contributed by atoms with E-state index in [4.69, 9.17) is 4.74 Å². The smallest absolute Gasteiger partial charge is 0.278 e. The van der Waals surface area contributed by atoms with Gasteiger partial charge < -0.3 is 9.84 Å². The second-order valence-corrected chi connectivity index (χ2v) is 5.28. The molecule has 1 amide bonds. The molecule has 0 fully saturated rings. The Kier molecular flexibility index (Phi) is 5.67. The summed E-state index contributed by atoms with van der Waals surface area (Å²) in [4.78, 5) is 22.1. The van der Waals surface area contributed by atoms with Gasteiger partial charge in [-0.25, -0.2) is 5.43 Å². The number of hydrazone groups is 1. The standard InChI is InChI=1S/C17H17N3O5/c1-11-4-3-5-16(12(11)2)25-10-17(22)19-18-9-13-8-14(21)6-7-15(13)20(23)24/h3-9,21H,10H2,1-2H3,(H,19,22)/b18-9+. The SMILES string of the molecule is Cc1cccc(OCC(=O)N/N=C/c2cc(O)ccc2[N+](=O)[O-])c1C. The summed E-state index contributed by atoms with van der Waals surface area (Å²) in [5.74, 6) is -0.0562. The molecular formula is C17H17N3O5. The average Bonchev–Trinajstić information content (AvgIpc) is 2.56. The summed E-state index contributed by atoms with van der Waals surface area (Å²) >= 11 is 0. The Bertz CT molecular complexity index is 833. The lowest BCUT2D eigenvalue weighted by atomic mass is 10.1. The molecule has 2 rings (SSSR count). The van der Waals surface area contributed by atoms with Crippen LogP contribution in [0.5, 0.6) is 11.5 Å². The summed E-state index contributed by atoms with van der Waals surface area (Å²) in [7, 11) is 0. The monoisotopic (exact) mass is 343 g/mol. The maximum Gasteiger partial charge on any atom is 0.278 e. The topological polar surface area (TPSA) is 114 Å². The van der Waals surface area contributed by atoms with Crippen molar-refractivity contribution in [1.29, 1.82) is 0 Å². The molecule has 2 aromatic carbocycles. The molecule has 0 saturated carbocycles.